The Bertz CT molecular complexity index is 1880. The van der Waals surface area contributed by atoms with E-state index in [0.717, 1.165) is 51.5 Å². The fraction of sp³-hybridized carbons (Fsp3) is 0.242. The van der Waals surface area contributed by atoms with Gasteiger partial charge in [0.15, 0.2) is 0 Å². The Morgan fingerprint density at radius 2 is 1.66 bits per heavy atom. The smallest absolute Gasteiger partial charge is 0.513 e. The number of furan rings is 1. The molecule has 4 heterocycles. The van der Waals surface area contributed by atoms with E-state index in [1.54, 1.807) is 12.1 Å². The molecule has 6 aromatic rings. The van der Waals surface area contributed by atoms with Crippen molar-refractivity contribution in [3.63, 3.8) is 0 Å². The average molecular weight is 730 g/mol. The van der Waals surface area contributed by atoms with Crippen LogP contribution in [0.4, 0.5) is 8.78 Å². The minimum absolute atomic E-state index is 0. The van der Waals surface area contributed by atoms with Gasteiger partial charge in [-0.2, -0.15) is 23.3 Å². The van der Waals surface area contributed by atoms with Crippen LogP contribution >= 0.6 is 0 Å². The van der Waals surface area contributed by atoms with E-state index in [2.05, 4.69) is 44.0 Å². The van der Waals surface area contributed by atoms with Crippen molar-refractivity contribution in [1.82, 2.24) is 19.7 Å². The van der Waals surface area contributed by atoms with Gasteiger partial charge >= 0.3 is 21.1 Å². The number of halogens is 2. The summed E-state index contributed by atoms with van der Waals surface area (Å²) in [6.45, 7) is 10.6. The van der Waals surface area contributed by atoms with Crippen molar-refractivity contribution in [2.45, 2.75) is 46.5 Å². The first kappa shape index (κ1) is 28.8. The minimum Gasteiger partial charge on any atom is -0.513 e. The molecule has 5 nitrogen and oxygen atoms in total. The van der Waals surface area contributed by atoms with Gasteiger partial charge in [0.1, 0.15) is 17.5 Å². The third-order valence-electron chi connectivity index (χ3n) is 7.06. The Labute approximate surface area is 251 Å². The average Bonchev–Trinajstić information content (AvgIpc) is 3.49. The first-order valence-electron chi connectivity index (χ1n) is 13.1. The van der Waals surface area contributed by atoms with Gasteiger partial charge in [0.25, 0.3) is 0 Å². The maximum Gasteiger partial charge on any atom is 2.00 e. The van der Waals surface area contributed by atoms with Gasteiger partial charge in [0, 0.05) is 22.4 Å². The molecule has 2 aromatic carbocycles. The zero-order valence-electron chi connectivity index (χ0n) is 23.3. The van der Waals surface area contributed by atoms with Gasteiger partial charge in [-0.25, -0.2) is 8.78 Å². The number of nitrogens with zero attached hydrogens (tertiary/aromatic N) is 4. The maximum absolute atomic E-state index is 14.4. The summed E-state index contributed by atoms with van der Waals surface area (Å²) in [6.07, 6.45) is 0.759. The van der Waals surface area contributed by atoms with Gasteiger partial charge in [-0.15, -0.1) is 6.07 Å². The first-order chi connectivity index (χ1) is 19.0. The molecule has 0 atom stereocenters. The molecular weight excluding hydrogens is 701 g/mol. The Morgan fingerprint density at radius 3 is 2.41 bits per heavy atom. The van der Waals surface area contributed by atoms with E-state index in [-0.39, 0.29) is 32.0 Å². The van der Waals surface area contributed by atoms with E-state index in [1.807, 2.05) is 61.0 Å². The fourth-order valence-corrected chi connectivity index (χ4v) is 5.03. The quantitative estimate of drug-likeness (QED) is 0.133. The summed E-state index contributed by atoms with van der Waals surface area (Å²) in [6, 6.07) is 26.3. The van der Waals surface area contributed by atoms with Crippen LogP contribution in [0.3, 0.4) is 0 Å². The van der Waals surface area contributed by atoms with Crippen LogP contribution in [-0.2, 0) is 32.9 Å². The number of rotatable bonds is 5. The number of benzene rings is 2. The van der Waals surface area contributed by atoms with E-state index in [4.69, 9.17) is 14.5 Å². The molecular formula is C33H28F2N4OPt. The fourth-order valence-electron chi connectivity index (χ4n) is 5.03. The molecule has 0 radical (unpaired) electrons. The van der Waals surface area contributed by atoms with Crippen molar-refractivity contribution in [2.24, 2.45) is 5.41 Å². The number of aromatic nitrogens is 4. The van der Waals surface area contributed by atoms with Gasteiger partial charge < -0.3 is 9.40 Å². The van der Waals surface area contributed by atoms with Gasteiger partial charge in [-0.05, 0) is 55.3 Å². The van der Waals surface area contributed by atoms with Crippen molar-refractivity contribution in [1.29, 1.82) is 0 Å². The van der Waals surface area contributed by atoms with E-state index in [1.165, 1.54) is 0 Å². The molecule has 0 aliphatic carbocycles. The van der Waals surface area contributed by atoms with Crippen LogP contribution in [0.1, 0.15) is 51.7 Å². The minimum atomic E-state index is -0.950. The van der Waals surface area contributed by atoms with Crippen LogP contribution in [0.25, 0.3) is 38.9 Å². The Balaban J connectivity index is 0.00000337. The molecule has 8 heteroatoms. The normalized spacial score (nSPS) is 12.2. The topological polar surface area (TPSA) is 56.7 Å². The molecule has 0 aliphatic rings. The third-order valence-corrected chi connectivity index (χ3v) is 7.06. The predicted molar refractivity (Wildman–Crippen MR) is 151 cm³/mol. The first-order valence-corrected chi connectivity index (χ1v) is 13.1. The molecule has 0 aliphatic heterocycles. The monoisotopic (exact) mass is 729 g/mol. The summed E-state index contributed by atoms with van der Waals surface area (Å²) >= 11 is 0. The van der Waals surface area contributed by atoms with Gasteiger partial charge in [-0.1, -0.05) is 68.1 Å². The predicted octanol–water partition coefficient (Wildman–Crippen LogP) is 8.02. The van der Waals surface area contributed by atoms with Crippen LogP contribution < -0.4 is 0 Å². The second-order valence-corrected chi connectivity index (χ2v) is 11.8. The molecule has 0 N–H and O–H groups in total. The molecule has 210 valence electrons. The van der Waals surface area contributed by atoms with Crippen molar-refractivity contribution in [3.05, 3.63) is 108 Å². The van der Waals surface area contributed by atoms with Crippen LogP contribution in [0.15, 0.2) is 71.1 Å². The third kappa shape index (κ3) is 5.35. The molecule has 6 rings (SSSR count). The van der Waals surface area contributed by atoms with Crippen LogP contribution in [0.5, 0.6) is 0 Å². The van der Waals surface area contributed by atoms with E-state index in [0.29, 0.717) is 11.4 Å². The molecule has 41 heavy (non-hydrogen) atoms. The second kappa shape index (κ2) is 10.6. The second-order valence-electron chi connectivity index (χ2n) is 11.8. The van der Waals surface area contributed by atoms with E-state index in [9.17, 15) is 8.78 Å². The standard InChI is InChI=1S/C33H28F2N4O.Pt/c1-32(2,3)19-20-18-28(33(4,5)27-15-9-12-24(36-27)23-16-17-29(34)37-31(23)35)38-39(20)25-13-8-11-22-21-10-6-7-14-26(21)40-30(22)25;/h6-12,14-15,17-18H,19H2,1-5H3;/q-2;+2. The summed E-state index contributed by atoms with van der Waals surface area (Å²) in [7, 11) is 0. The van der Waals surface area contributed by atoms with E-state index < -0.39 is 17.3 Å². The summed E-state index contributed by atoms with van der Waals surface area (Å²) < 4.78 is 36.1. The number of hydrogen-bond acceptors (Lipinski definition) is 4. The molecule has 4 aromatic heterocycles. The van der Waals surface area contributed by atoms with Gasteiger partial charge in [0.2, 0.25) is 0 Å². The molecule has 0 saturated carbocycles. The molecule has 0 bridgehead atoms. The van der Waals surface area contributed by atoms with Crippen molar-refractivity contribution < 1.29 is 34.3 Å². The number of para-hydroxylation sites is 1. The molecule has 0 saturated heterocycles. The van der Waals surface area contributed by atoms with Crippen LogP contribution in [0.2, 0.25) is 0 Å². The molecule has 0 spiro atoms. The Kier molecular flexibility index (Phi) is 7.45. The van der Waals surface area contributed by atoms with Crippen molar-refractivity contribution >= 4 is 21.9 Å². The van der Waals surface area contributed by atoms with E-state index >= 15 is 0 Å². The molecule has 0 unspecified atom stereocenters. The molecule has 0 amide bonds. The summed E-state index contributed by atoms with van der Waals surface area (Å²) in [4.78, 5) is 8.03. The summed E-state index contributed by atoms with van der Waals surface area (Å²) in [5.74, 6) is -1.88. The van der Waals surface area contributed by atoms with Crippen LogP contribution in [-0.4, -0.2) is 19.7 Å². The largest absolute Gasteiger partial charge is 2.00 e. The van der Waals surface area contributed by atoms with Crippen molar-refractivity contribution in [3.8, 4) is 16.9 Å². The Hall–Kier alpha value is -3.70. The SMILES string of the molecule is CC(C)(C)Cc1cc(C(C)(C)c2cccc(-c3[c-]cc(F)nc3F)n2)nn1-c1[c-]ccc2c1oc1ccccc12.[Pt+2]. The molecule has 0 fully saturated rings. The number of pyridine rings is 2. The van der Waals surface area contributed by atoms with Crippen LogP contribution in [0, 0.1) is 29.4 Å². The van der Waals surface area contributed by atoms with Gasteiger partial charge in [-0.3, -0.25) is 9.67 Å². The zero-order chi connectivity index (χ0) is 28.2. The van der Waals surface area contributed by atoms with Gasteiger partial charge in [0.05, 0.1) is 11.1 Å². The number of fused-ring (bicyclic) bond motifs is 3. The summed E-state index contributed by atoms with van der Waals surface area (Å²) in [5, 5.41) is 7.15. The maximum atomic E-state index is 14.4. The Morgan fingerprint density at radius 1 is 0.878 bits per heavy atom. The zero-order valence-corrected chi connectivity index (χ0v) is 25.6. The number of hydrogen-bond donors (Lipinski definition) is 0. The van der Waals surface area contributed by atoms with Crippen molar-refractivity contribution in [2.75, 3.05) is 0 Å². The summed E-state index contributed by atoms with van der Waals surface area (Å²) in [5.41, 5.74) is 4.43.